The second kappa shape index (κ2) is 26.8. The molecule has 0 aliphatic rings. The van der Waals surface area contributed by atoms with Gasteiger partial charge in [-0.3, -0.25) is 0 Å². The van der Waals surface area contributed by atoms with Gasteiger partial charge in [-0.05, 0) is 24.3 Å². The van der Waals surface area contributed by atoms with Crippen molar-refractivity contribution >= 4 is 48.1 Å². The third-order valence-electron chi connectivity index (χ3n) is 8.70. The van der Waals surface area contributed by atoms with Crippen molar-refractivity contribution in [2.24, 2.45) is 0 Å². The molecule has 0 spiro atoms. The molecule has 0 atom stereocenters. The van der Waals surface area contributed by atoms with E-state index >= 15 is 0 Å². The van der Waals surface area contributed by atoms with Crippen molar-refractivity contribution in [2.45, 2.75) is 117 Å². The van der Waals surface area contributed by atoms with Gasteiger partial charge in [0.15, 0.2) is 0 Å². The maximum absolute atomic E-state index is 11.1. The molecular formula is C38H68O4P2S2. The molecule has 0 fully saturated rings. The van der Waals surface area contributed by atoms with Crippen LogP contribution in [-0.4, -0.2) is 71.4 Å². The molecule has 0 saturated carbocycles. The first-order chi connectivity index (χ1) is 22.1. The molecule has 2 N–H and O–H groups in total. The van der Waals surface area contributed by atoms with Crippen LogP contribution in [0.1, 0.15) is 127 Å². The molecule has 46 heavy (non-hydrogen) atoms. The largest absolute Gasteiger partial charge is 0.478 e. The fourth-order valence-electron chi connectivity index (χ4n) is 7.26. The van der Waals surface area contributed by atoms with Crippen LogP contribution in [-0.2, 0) is 0 Å². The maximum Gasteiger partial charge on any atom is 0.336 e. The van der Waals surface area contributed by atoms with Gasteiger partial charge in [0.05, 0.1) is 11.1 Å². The van der Waals surface area contributed by atoms with Crippen LogP contribution < -0.4 is 0 Å². The van der Waals surface area contributed by atoms with Crippen LogP contribution in [0.4, 0.5) is 0 Å². The molecule has 0 bridgehead atoms. The Balaban J connectivity index is 0.000000691. The zero-order valence-corrected chi connectivity index (χ0v) is 34.1. The minimum absolute atomic E-state index is 0.206. The molecule has 0 amide bonds. The van der Waals surface area contributed by atoms with E-state index in [1.54, 1.807) is 85.7 Å². The van der Waals surface area contributed by atoms with Gasteiger partial charge in [-0.1, -0.05) is 45.9 Å². The average Bonchev–Trinajstić information content (AvgIpc) is 3.02. The van der Waals surface area contributed by atoms with E-state index in [1.165, 1.54) is 85.1 Å². The molecule has 0 aliphatic heterocycles. The van der Waals surface area contributed by atoms with Crippen molar-refractivity contribution in [2.75, 3.05) is 49.3 Å². The number of carbonyl (C=O) groups is 2. The molecule has 0 saturated heterocycles. The third kappa shape index (κ3) is 17.4. The van der Waals surface area contributed by atoms with Gasteiger partial charge in [0.2, 0.25) is 0 Å². The van der Waals surface area contributed by atoms with Crippen molar-refractivity contribution in [1.82, 2.24) is 0 Å². The molecule has 2 rings (SSSR count). The Hall–Kier alpha value is -1.06. The van der Waals surface area contributed by atoms with Gasteiger partial charge in [0.1, 0.15) is 0 Å². The number of rotatable bonds is 21. The van der Waals surface area contributed by atoms with Crippen LogP contribution >= 0.6 is 36.1 Å². The zero-order chi connectivity index (χ0) is 34.8. The van der Waals surface area contributed by atoms with Gasteiger partial charge in [-0.2, -0.15) is 0 Å². The van der Waals surface area contributed by atoms with Gasteiger partial charge in [-0.15, -0.1) is 0 Å². The Morgan fingerprint density at radius 1 is 0.457 bits per heavy atom. The Kier molecular flexibility index (Phi) is 26.2. The van der Waals surface area contributed by atoms with E-state index in [-0.39, 0.29) is 11.1 Å². The Bertz CT molecular complexity index is 951. The Morgan fingerprint density at radius 2 is 0.674 bits per heavy atom. The summed E-state index contributed by atoms with van der Waals surface area (Å²) < 4.78 is 0. The molecule has 0 unspecified atom stereocenters. The first-order valence-corrected chi connectivity index (χ1v) is 25.9. The second-order valence-electron chi connectivity index (χ2n) is 12.8. The second-order valence-corrected chi connectivity index (χ2v) is 25.0. The molecular weight excluding hydrogens is 646 g/mol. The quantitative estimate of drug-likeness (QED) is 0.0990. The Labute approximate surface area is 292 Å². The number of carboxylic acid groups (broad SMARTS) is 2. The topological polar surface area (TPSA) is 74.6 Å². The fourth-order valence-corrected chi connectivity index (χ4v) is 21.1. The van der Waals surface area contributed by atoms with Crippen LogP contribution in [0.5, 0.6) is 0 Å². The van der Waals surface area contributed by atoms with E-state index in [0.717, 1.165) is 0 Å². The number of aromatic carboxylic acids is 2. The van der Waals surface area contributed by atoms with Gasteiger partial charge in [0, 0.05) is 9.79 Å². The first kappa shape index (κ1) is 44.9. The number of hydrogen-bond acceptors (Lipinski definition) is 4. The summed E-state index contributed by atoms with van der Waals surface area (Å²) in [6.45, 7) is 18.9. The third-order valence-corrected chi connectivity index (χ3v) is 23.7. The van der Waals surface area contributed by atoms with Crippen LogP contribution in [0.15, 0.2) is 58.3 Å². The Morgan fingerprint density at radius 3 is 0.870 bits per heavy atom. The van der Waals surface area contributed by atoms with E-state index < -0.39 is 26.5 Å². The van der Waals surface area contributed by atoms with E-state index in [9.17, 15) is 9.59 Å². The fraction of sp³-hybridized carbons (Fsp3) is 0.632. The van der Waals surface area contributed by atoms with Crippen LogP contribution in [0.3, 0.4) is 0 Å². The zero-order valence-electron chi connectivity index (χ0n) is 30.5. The van der Waals surface area contributed by atoms with Gasteiger partial charge < -0.3 is 10.2 Å². The predicted octanol–water partition coefficient (Wildman–Crippen LogP) is 12.6. The summed E-state index contributed by atoms with van der Waals surface area (Å²) in [6.07, 6.45) is 24.1. The number of carboxylic acids is 2. The number of hydrogen-bond donors (Lipinski definition) is 2. The first-order valence-electron chi connectivity index (χ1n) is 18.1. The van der Waals surface area contributed by atoms with Crippen LogP contribution in [0.2, 0.25) is 0 Å². The average molecular weight is 715 g/mol. The molecule has 0 radical (unpaired) electrons. The summed E-state index contributed by atoms with van der Waals surface area (Å²) >= 11 is 0. The molecule has 8 heteroatoms. The van der Waals surface area contributed by atoms with E-state index in [0.29, 0.717) is 9.79 Å². The smallest absolute Gasteiger partial charge is 0.336 e. The van der Waals surface area contributed by atoms with Gasteiger partial charge in [-0.25, -0.2) is 9.59 Å². The summed E-state index contributed by atoms with van der Waals surface area (Å²) in [7, 11) is 0.874. The molecule has 0 aliphatic carbocycles. The van der Waals surface area contributed by atoms with E-state index in [4.69, 9.17) is 10.2 Å². The molecule has 0 aromatic heterocycles. The summed E-state index contributed by atoms with van der Waals surface area (Å²) in [5.41, 5.74) is 0.413. The van der Waals surface area contributed by atoms with Crippen molar-refractivity contribution in [3.8, 4) is 0 Å². The summed E-state index contributed by atoms with van der Waals surface area (Å²) in [6, 6.07) is 13.3. The minimum atomic E-state index is -1.000. The van der Waals surface area contributed by atoms with Gasteiger partial charge in [0.25, 0.3) is 0 Å². The SMILES string of the molecule is CCC[PH](CCC)(CCC)CCC.CCC[PH](CCC)(CCC)CCC.O=C(O)c1ccccc1SSc1ccccc1C(=O)O. The monoisotopic (exact) mass is 714 g/mol. The molecule has 2 aromatic carbocycles. The summed E-state index contributed by atoms with van der Waals surface area (Å²) in [4.78, 5) is 23.4. The van der Waals surface area contributed by atoms with E-state index in [2.05, 4.69) is 55.4 Å². The van der Waals surface area contributed by atoms with E-state index in [1.807, 2.05) is 0 Å². The maximum atomic E-state index is 11.1. The van der Waals surface area contributed by atoms with Gasteiger partial charge >= 0.3 is 183 Å². The normalized spacial score (nSPS) is 11.9. The van der Waals surface area contributed by atoms with Crippen molar-refractivity contribution in [3.63, 3.8) is 0 Å². The minimum Gasteiger partial charge on any atom is -0.478 e. The molecule has 0 heterocycles. The van der Waals surface area contributed by atoms with Crippen LogP contribution in [0, 0.1) is 0 Å². The predicted molar refractivity (Wildman–Crippen MR) is 216 cm³/mol. The standard InChI is InChI=1S/C14H10O4S2.2C12H29P/c15-13(16)9-5-1-3-7-11(9)19-20-12-8-4-2-6-10(12)14(17)18;2*1-5-9-13(10-6-2,11-7-3)12-8-4/h1-8H,(H,15,16)(H,17,18);2*13H,5-12H2,1-4H3. The molecule has 4 nitrogen and oxygen atoms in total. The van der Waals surface area contributed by atoms with Crippen molar-refractivity contribution in [3.05, 3.63) is 59.7 Å². The van der Waals surface area contributed by atoms with Crippen molar-refractivity contribution < 1.29 is 19.8 Å². The summed E-state index contributed by atoms with van der Waals surface area (Å²) in [5.74, 6) is -2.00. The molecule has 266 valence electrons. The molecule has 2 aromatic rings. The summed E-state index contributed by atoms with van der Waals surface area (Å²) in [5, 5.41) is 18.2. The number of benzene rings is 2. The van der Waals surface area contributed by atoms with Crippen molar-refractivity contribution in [1.29, 1.82) is 0 Å². The van der Waals surface area contributed by atoms with Crippen LogP contribution in [0.25, 0.3) is 0 Å².